The van der Waals surface area contributed by atoms with E-state index in [1.54, 1.807) is 0 Å². The average Bonchev–Trinajstić information content (AvgIpc) is 2.36. The van der Waals surface area contributed by atoms with Gasteiger partial charge in [-0.1, -0.05) is 0 Å². The number of rotatable bonds is 5. The normalized spacial score (nSPS) is 13.6. The molecule has 0 aromatic heterocycles. The Hall–Kier alpha value is -1.02. The Bertz CT molecular complexity index is 475. The number of benzene rings is 1. The standard InChI is InChI=1S/C14H18F6OSi/c1-12(2,21-22)5-3-4-9-6-10(13(15,16)17)8-11(7-9)14(18,19)20/h6-8H,3-5H2,1-2,22H3. The van der Waals surface area contributed by atoms with E-state index in [1.807, 2.05) is 13.8 Å². The fraction of sp³-hybridized carbons (Fsp3) is 0.571. The maximum Gasteiger partial charge on any atom is 0.416 e. The lowest BCUT2D eigenvalue weighted by molar-refractivity contribution is -0.143. The van der Waals surface area contributed by atoms with E-state index in [2.05, 4.69) is 0 Å². The summed E-state index contributed by atoms with van der Waals surface area (Å²) >= 11 is 0. The third kappa shape index (κ3) is 5.64. The quantitative estimate of drug-likeness (QED) is 0.577. The molecule has 0 fully saturated rings. The molecular weight excluding hydrogens is 326 g/mol. The van der Waals surface area contributed by atoms with E-state index < -0.39 is 29.1 Å². The number of alkyl halides is 6. The van der Waals surface area contributed by atoms with E-state index in [0.717, 1.165) is 12.1 Å². The van der Waals surface area contributed by atoms with Gasteiger partial charge in [-0.05, 0) is 56.9 Å². The minimum absolute atomic E-state index is 0.0336. The SMILES string of the molecule is CC(C)(CCCc1cc(C(F)(F)F)cc(C(F)(F)F)c1)O[SiH3]. The van der Waals surface area contributed by atoms with Crippen LogP contribution in [0.25, 0.3) is 0 Å². The van der Waals surface area contributed by atoms with Crippen molar-refractivity contribution in [2.24, 2.45) is 0 Å². The summed E-state index contributed by atoms with van der Waals surface area (Å²) in [5.74, 6) is 0. The molecule has 0 atom stereocenters. The molecule has 22 heavy (non-hydrogen) atoms. The molecule has 0 saturated carbocycles. The molecule has 1 aromatic rings. The fourth-order valence-corrected chi connectivity index (χ4v) is 2.19. The van der Waals surface area contributed by atoms with Gasteiger partial charge in [0.05, 0.1) is 11.1 Å². The first kappa shape index (κ1) is 19.0. The second-order valence-electron chi connectivity index (χ2n) is 5.73. The van der Waals surface area contributed by atoms with Crippen molar-refractivity contribution in [3.8, 4) is 0 Å². The molecule has 0 radical (unpaired) electrons. The van der Waals surface area contributed by atoms with E-state index in [9.17, 15) is 26.3 Å². The van der Waals surface area contributed by atoms with Crippen LogP contribution in [0.4, 0.5) is 26.3 Å². The summed E-state index contributed by atoms with van der Waals surface area (Å²) in [5.41, 5.74) is -2.90. The lowest BCUT2D eigenvalue weighted by Crippen LogP contribution is -2.23. The van der Waals surface area contributed by atoms with Crippen molar-refractivity contribution < 1.29 is 30.8 Å². The summed E-state index contributed by atoms with van der Waals surface area (Å²) in [5, 5.41) is 0. The highest BCUT2D eigenvalue weighted by Crippen LogP contribution is 2.36. The lowest BCUT2D eigenvalue weighted by atomic mass is 9.96. The van der Waals surface area contributed by atoms with Gasteiger partial charge in [0.15, 0.2) is 0 Å². The van der Waals surface area contributed by atoms with Crippen molar-refractivity contribution in [2.45, 2.75) is 51.1 Å². The Morgan fingerprint density at radius 1 is 0.909 bits per heavy atom. The summed E-state index contributed by atoms with van der Waals surface area (Å²) in [6.45, 7) is 3.68. The van der Waals surface area contributed by atoms with E-state index in [1.165, 1.54) is 0 Å². The van der Waals surface area contributed by atoms with Crippen LogP contribution < -0.4 is 0 Å². The third-order valence-corrected chi connectivity index (χ3v) is 4.55. The van der Waals surface area contributed by atoms with Crippen molar-refractivity contribution in [2.75, 3.05) is 0 Å². The molecule has 8 heteroatoms. The molecule has 0 N–H and O–H groups in total. The van der Waals surface area contributed by atoms with E-state index in [-0.39, 0.29) is 18.1 Å². The number of halogens is 6. The van der Waals surface area contributed by atoms with Gasteiger partial charge in [-0.25, -0.2) is 0 Å². The Morgan fingerprint density at radius 3 is 1.73 bits per heavy atom. The predicted octanol–water partition coefficient (Wildman–Crippen LogP) is 4.12. The number of hydrogen-bond acceptors (Lipinski definition) is 1. The molecule has 0 spiro atoms. The second kappa shape index (κ2) is 6.62. The maximum atomic E-state index is 12.7. The smallest absolute Gasteiger partial charge is 0.416 e. The molecule has 0 heterocycles. The minimum Gasteiger partial charge on any atom is -0.423 e. The van der Waals surface area contributed by atoms with Crippen molar-refractivity contribution in [1.29, 1.82) is 0 Å². The average molecular weight is 344 g/mol. The highest BCUT2D eigenvalue weighted by Gasteiger charge is 2.36. The first-order valence-electron chi connectivity index (χ1n) is 6.69. The van der Waals surface area contributed by atoms with Gasteiger partial charge in [0.25, 0.3) is 0 Å². The molecule has 0 bridgehead atoms. The van der Waals surface area contributed by atoms with Crippen molar-refractivity contribution in [3.05, 3.63) is 34.9 Å². The monoisotopic (exact) mass is 344 g/mol. The zero-order valence-corrected chi connectivity index (χ0v) is 14.5. The predicted molar refractivity (Wildman–Crippen MR) is 74.5 cm³/mol. The summed E-state index contributed by atoms with van der Waals surface area (Å²) in [4.78, 5) is 0. The Balaban J connectivity index is 2.99. The highest BCUT2D eigenvalue weighted by molar-refractivity contribution is 5.98. The van der Waals surface area contributed by atoms with Gasteiger partial charge in [0.2, 0.25) is 0 Å². The maximum absolute atomic E-state index is 12.7. The van der Waals surface area contributed by atoms with Crippen LogP contribution in [0.3, 0.4) is 0 Å². The summed E-state index contributed by atoms with van der Waals surface area (Å²) in [7, 11) is 0.521. The van der Waals surface area contributed by atoms with E-state index in [4.69, 9.17) is 4.43 Å². The first-order valence-corrected chi connectivity index (χ1v) is 7.50. The summed E-state index contributed by atoms with van der Waals surface area (Å²) in [6.07, 6.45) is -8.44. The molecule has 126 valence electrons. The molecule has 0 aliphatic carbocycles. The summed E-state index contributed by atoms with van der Waals surface area (Å²) in [6, 6.07) is 1.71. The molecule has 0 aliphatic rings. The Labute approximate surface area is 128 Å². The van der Waals surface area contributed by atoms with E-state index >= 15 is 0 Å². The van der Waals surface area contributed by atoms with Crippen LogP contribution in [0, 0.1) is 0 Å². The molecule has 1 nitrogen and oxygen atoms in total. The number of aryl methyl sites for hydroxylation is 1. The Morgan fingerprint density at radius 2 is 1.36 bits per heavy atom. The molecule has 0 aliphatic heterocycles. The highest BCUT2D eigenvalue weighted by atomic mass is 28.2. The number of hydrogen-bond donors (Lipinski definition) is 0. The zero-order chi connectivity index (χ0) is 17.2. The van der Waals surface area contributed by atoms with Gasteiger partial charge in [-0.3, -0.25) is 0 Å². The topological polar surface area (TPSA) is 9.23 Å². The van der Waals surface area contributed by atoms with Crippen LogP contribution >= 0.6 is 0 Å². The van der Waals surface area contributed by atoms with Crippen LogP contribution in [0.2, 0.25) is 0 Å². The van der Waals surface area contributed by atoms with Crippen molar-refractivity contribution in [3.63, 3.8) is 0 Å². The molecular formula is C14H18F6OSi. The van der Waals surface area contributed by atoms with Crippen molar-refractivity contribution in [1.82, 2.24) is 0 Å². The van der Waals surface area contributed by atoms with Gasteiger partial charge in [-0.2, -0.15) is 26.3 Å². The Kier molecular flexibility index (Phi) is 5.72. The first-order chi connectivity index (χ1) is 9.85. The second-order valence-corrected chi connectivity index (χ2v) is 6.14. The zero-order valence-electron chi connectivity index (χ0n) is 12.5. The van der Waals surface area contributed by atoms with Crippen LogP contribution in [0.15, 0.2) is 18.2 Å². The van der Waals surface area contributed by atoms with Crippen LogP contribution in [-0.4, -0.2) is 16.1 Å². The molecule has 0 saturated heterocycles. The lowest BCUT2D eigenvalue weighted by Gasteiger charge is -2.23. The largest absolute Gasteiger partial charge is 0.423 e. The summed E-state index contributed by atoms with van der Waals surface area (Å²) < 4.78 is 81.6. The fourth-order valence-electron chi connectivity index (χ4n) is 1.98. The molecule has 0 unspecified atom stereocenters. The van der Waals surface area contributed by atoms with Crippen LogP contribution in [0.5, 0.6) is 0 Å². The van der Waals surface area contributed by atoms with Gasteiger partial charge in [-0.15, -0.1) is 0 Å². The van der Waals surface area contributed by atoms with Crippen molar-refractivity contribution >= 4 is 10.5 Å². The van der Waals surface area contributed by atoms with Crippen LogP contribution in [0.1, 0.15) is 43.4 Å². The molecule has 1 aromatic carbocycles. The minimum atomic E-state index is -4.80. The van der Waals surface area contributed by atoms with Crippen LogP contribution in [-0.2, 0) is 23.2 Å². The van der Waals surface area contributed by atoms with Gasteiger partial charge in [0.1, 0.15) is 10.5 Å². The van der Waals surface area contributed by atoms with Gasteiger partial charge >= 0.3 is 12.4 Å². The van der Waals surface area contributed by atoms with E-state index in [0.29, 0.717) is 23.3 Å². The molecule has 0 amide bonds. The third-order valence-electron chi connectivity index (χ3n) is 3.44. The van der Waals surface area contributed by atoms with Gasteiger partial charge < -0.3 is 4.43 Å². The van der Waals surface area contributed by atoms with Gasteiger partial charge in [0, 0.05) is 5.60 Å². The molecule has 1 rings (SSSR count).